The second-order valence-electron chi connectivity index (χ2n) is 16.6. The summed E-state index contributed by atoms with van der Waals surface area (Å²) in [4.78, 5) is 46.0. The molecular weight excluding hydrogens is 744 g/mol. The van der Waals surface area contributed by atoms with Crippen LogP contribution in [0.5, 0.6) is 0 Å². The van der Waals surface area contributed by atoms with Crippen molar-refractivity contribution in [3.63, 3.8) is 0 Å². The van der Waals surface area contributed by atoms with Crippen LogP contribution in [-0.2, 0) is 43.7 Å². The third-order valence-corrected chi connectivity index (χ3v) is 13.4. The maximum Gasteiger partial charge on any atom is 0.305 e. The Kier molecular flexibility index (Phi) is 10.1. The van der Waals surface area contributed by atoms with Crippen LogP contribution in [-0.4, -0.2) is 97.4 Å². The lowest BCUT2D eigenvalue weighted by atomic mass is 10.1. The molecule has 300 valence electrons. The minimum Gasteiger partial charge on any atom is -0.469 e. The molecule has 17 heteroatoms. The lowest BCUT2D eigenvalue weighted by molar-refractivity contribution is -0.142. The number of ether oxygens (including phenoxy) is 2. The van der Waals surface area contributed by atoms with Crippen LogP contribution in [0.3, 0.4) is 0 Å². The number of hydrogen-bond donors (Lipinski definition) is 1. The Morgan fingerprint density at radius 2 is 1.22 bits per heavy atom. The maximum absolute atomic E-state index is 14.4. The van der Waals surface area contributed by atoms with Gasteiger partial charge in [0.25, 0.3) is 11.8 Å². The highest BCUT2D eigenvalue weighted by Crippen LogP contribution is 2.57. The standard InChI is InChI=1S/C19H24F2N4O2.C15H16ClF2N3O2.C4H9N/c1-10-4-6-25(10)18-22-16-11(3-5-19(16,20)21)17(23-18)24-8-13-12(14(13)9-24)7-15(26)27-2;1-23-11(22)4-8-9-5-21(6-10(8)9)13-7-2-3-15(17,18)12(7)19-14(16)20-13;1-4-2-3-5-4/h10,12-14H,3-9H2,1-2H3;8-10H,2-6H2,1H3;4-5H,2-3H2,1H3/t10?,12?,13-,14+;8?,9-,10+;. The summed E-state index contributed by atoms with van der Waals surface area (Å²) in [5, 5.41) is 3.08. The van der Waals surface area contributed by atoms with Gasteiger partial charge in [0.2, 0.25) is 11.2 Å². The van der Waals surface area contributed by atoms with Gasteiger partial charge < -0.3 is 29.5 Å². The number of fused-ring (bicyclic) bond motifs is 4. The highest BCUT2D eigenvalue weighted by atomic mass is 35.5. The normalized spacial score (nSPS) is 32.0. The van der Waals surface area contributed by atoms with Gasteiger partial charge in [-0.25, -0.2) is 15.0 Å². The van der Waals surface area contributed by atoms with Gasteiger partial charge in [-0.15, -0.1) is 0 Å². The summed E-state index contributed by atoms with van der Waals surface area (Å²) in [6.45, 7) is 9.31. The number of methoxy groups -OCH3 is 2. The smallest absolute Gasteiger partial charge is 0.305 e. The molecule has 8 atom stereocenters. The molecule has 0 radical (unpaired) electrons. The third kappa shape index (κ3) is 7.30. The topological polar surface area (TPSA) is 126 Å². The van der Waals surface area contributed by atoms with Crippen LogP contribution < -0.4 is 20.0 Å². The van der Waals surface area contributed by atoms with E-state index >= 15 is 0 Å². The van der Waals surface area contributed by atoms with Crippen molar-refractivity contribution in [1.82, 2.24) is 25.3 Å². The minimum atomic E-state index is -2.92. The van der Waals surface area contributed by atoms with Crippen molar-refractivity contribution in [2.24, 2.45) is 35.5 Å². The highest BCUT2D eigenvalue weighted by Gasteiger charge is 2.58. The van der Waals surface area contributed by atoms with E-state index in [4.69, 9.17) is 26.1 Å². The zero-order chi connectivity index (χ0) is 39.0. The molecule has 1 N–H and O–H groups in total. The number of alkyl halides is 4. The van der Waals surface area contributed by atoms with Crippen molar-refractivity contribution in [2.45, 2.75) is 89.1 Å². The maximum atomic E-state index is 14.4. The molecule has 4 saturated heterocycles. The van der Waals surface area contributed by atoms with E-state index in [0.29, 0.717) is 89.5 Å². The number of carbonyl (C=O) groups is 2. The van der Waals surface area contributed by atoms with Crippen LogP contribution in [0.2, 0.25) is 5.28 Å². The summed E-state index contributed by atoms with van der Waals surface area (Å²) in [5.41, 5.74) is 0.834. The Bertz CT molecular complexity index is 1810. The number of esters is 2. The van der Waals surface area contributed by atoms with Gasteiger partial charge >= 0.3 is 11.9 Å². The summed E-state index contributed by atoms with van der Waals surface area (Å²) in [6.07, 6.45) is 3.47. The van der Waals surface area contributed by atoms with Crippen molar-refractivity contribution in [2.75, 3.05) is 68.2 Å². The molecule has 0 aromatic carbocycles. The SMILES string of the molecule is CC1CCN1.COC(=O)CC1[C@H]2CN(c3nc(Cl)nc4c3CCC4(F)F)C[C@@H]12.COC(=O)CC1[C@H]2CN(c3nc(N4CCC4C)nc4c3CCC4(F)F)C[C@@H]12. The minimum absolute atomic E-state index is 0.0757. The zero-order valence-corrected chi connectivity index (χ0v) is 32.4. The molecule has 8 aliphatic rings. The lowest BCUT2D eigenvalue weighted by Gasteiger charge is -2.39. The van der Waals surface area contributed by atoms with E-state index in [-0.39, 0.29) is 47.9 Å². The molecule has 4 aliphatic carbocycles. The lowest BCUT2D eigenvalue weighted by Crippen LogP contribution is -2.47. The molecule has 2 aromatic heterocycles. The van der Waals surface area contributed by atoms with Crippen molar-refractivity contribution < 1.29 is 36.6 Å². The van der Waals surface area contributed by atoms with Gasteiger partial charge in [-0.1, -0.05) is 0 Å². The predicted molar refractivity (Wildman–Crippen MR) is 196 cm³/mol. The average molecular weight is 793 g/mol. The predicted octanol–water partition coefficient (Wildman–Crippen LogP) is 5.14. The second-order valence-corrected chi connectivity index (χ2v) is 16.9. The van der Waals surface area contributed by atoms with Gasteiger partial charge in [-0.05, 0) is 93.2 Å². The van der Waals surface area contributed by atoms with Gasteiger partial charge in [0.1, 0.15) is 23.0 Å². The number of anilines is 3. The molecule has 10 rings (SSSR count). The van der Waals surface area contributed by atoms with E-state index in [1.165, 1.54) is 27.2 Å². The van der Waals surface area contributed by atoms with Crippen LogP contribution in [0, 0.1) is 35.5 Å². The van der Waals surface area contributed by atoms with Gasteiger partial charge in [0.15, 0.2) is 0 Å². The number of halogens is 5. The zero-order valence-electron chi connectivity index (χ0n) is 31.7. The van der Waals surface area contributed by atoms with E-state index in [2.05, 4.69) is 39.0 Å². The number of aromatic nitrogens is 4. The first-order chi connectivity index (χ1) is 26.2. The van der Waals surface area contributed by atoms with E-state index in [1.807, 2.05) is 9.80 Å². The molecule has 2 aromatic rings. The summed E-state index contributed by atoms with van der Waals surface area (Å²) in [5.74, 6) is -2.11. The first-order valence-electron chi connectivity index (χ1n) is 19.6. The Balaban J connectivity index is 0.000000139. The van der Waals surface area contributed by atoms with E-state index < -0.39 is 11.8 Å². The summed E-state index contributed by atoms with van der Waals surface area (Å²) < 4.78 is 66.1. The van der Waals surface area contributed by atoms with Crippen LogP contribution in [0.1, 0.15) is 74.9 Å². The molecule has 55 heavy (non-hydrogen) atoms. The first kappa shape index (κ1) is 38.3. The van der Waals surface area contributed by atoms with E-state index in [1.54, 1.807) is 0 Å². The summed E-state index contributed by atoms with van der Waals surface area (Å²) in [6, 6.07) is 1.11. The van der Waals surface area contributed by atoms with Crippen molar-refractivity contribution >= 4 is 41.1 Å². The molecule has 0 amide bonds. The number of carbonyl (C=O) groups excluding carboxylic acids is 2. The van der Waals surface area contributed by atoms with Crippen LogP contribution in [0.15, 0.2) is 0 Å². The third-order valence-electron chi connectivity index (χ3n) is 13.3. The summed E-state index contributed by atoms with van der Waals surface area (Å²) in [7, 11) is 2.80. The molecule has 2 saturated carbocycles. The number of nitrogens with one attached hydrogen (secondary N) is 1. The molecule has 4 aliphatic heterocycles. The fraction of sp³-hybridized carbons (Fsp3) is 0.737. The molecule has 4 unspecified atom stereocenters. The van der Waals surface area contributed by atoms with Gasteiger partial charge in [-0.2, -0.15) is 22.5 Å². The Morgan fingerprint density at radius 3 is 1.60 bits per heavy atom. The second kappa shape index (κ2) is 14.4. The molecule has 6 heterocycles. The van der Waals surface area contributed by atoms with Crippen LogP contribution in [0.25, 0.3) is 0 Å². The Morgan fingerprint density at radius 1 is 0.764 bits per heavy atom. The molecule has 0 bridgehead atoms. The van der Waals surface area contributed by atoms with Gasteiger partial charge in [0, 0.05) is 81.6 Å². The molecule has 0 spiro atoms. The fourth-order valence-electron chi connectivity index (χ4n) is 9.47. The highest BCUT2D eigenvalue weighted by molar-refractivity contribution is 6.28. The number of nitrogens with zero attached hydrogens (tertiary/aromatic N) is 7. The van der Waals surface area contributed by atoms with Crippen molar-refractivity contribution in [3.8, 4) is 0 Å². The quantitative estimate of drug-likeness (QED) is 0.227. The van der Waals surface area contributed by atoms with E-state index in [9.17, 15) is 27.2 Å². The number of rotatable bonds is 7. The molecular formula is C38H49ClF4N8O4. The van der Waals surface area contributed by atoms with Gasteiger partial charge in [-0.3, -0.25) is 9.59 Å². The Hall–Kier alpha value is -3.53. The van der Waals surface area contributed by atoms with E-state index in [0.717, 1.165) is 45.2 Å². The van der Waals surface area contributed by atoms with Crippen LogP contribution in [0.4, 0.5) is 35.1 Å². The van der Waals surface area contributed by atoms with Crippen molar-refractivity contribution in [3.05, 3.63) is 27.8 Å². The van der Waals surface area contributed by atoms with Gasteiger partial charge in [0.05, 0.1) is 14.2 Å². The fourth-order valence-corrected chi connectivity index (χ4v) is 9.64. The average Bonchev–Trinajstić information content (AvgIpc) is 3.56. The monoisotopic (exact) mass is 792 g/mol. The first-order valence-corrected chi connectivity index (χ1v) is 19.9. The largest absolute Gasteiger partial charge is 0.469 e. The summed E-state index contributed by atoms with van der Waals surface area (Å²) >= 11 is 5.85. The van der Waals surface area contributed by atoms with Crippen LogP contribution >= 0.6 is 11.6 Å². The van der Waals surface area contributed by atoms with Crippen molar-refractivity contribution in [1.29, 1.82) is 0 Å². The molecule has 12 nitrogen and oxygen atoms in total. The number of hydrogen-bond acceptors (Lipinski definition) is 12. The number of piperidine rings is 2. The molecule has 6 fully saturated rings. The Labute approximate surface area is 323 Å².